The van der Waals surface area contributed by atoms with Gasteiger partial charge in [-0.15, -0.1) is 0 Å². The Balaban J connectivity index is 1.76. The Labute approximate surface area is 142 Å². The van der Waals surface area contributed by atoms with E-state index < -0.39 is 6.10 Å². The predicted molar refractivity (Wildman–Crippen MR) is 92.7 cm³/mol. The number of aliphatic hydroxyl groups is 1. The second kappa shape index (κ2) is 7.71. The molecule has 1 atom stereocenters. The highest BCUT2D eigenvalue weighted by atomic mass is 16.5. The zero-order chi connectivity index (χ0) is 16.8. The third-order valence-corrected chi connectivity index (χ3v) is 4.74. The molecule has 0 aromatic heterocycles. The molecule has 1 saturated heterocycles. The van der Waals surface area contributed by atoms with Crippen LogP contribution in [0.1, 0.15) is 22.0 Å². The van der Waals surface area contributed by atoms with Gasteiger partial charge in [0.05, 0.1) is 13.2 Å². The quantitative estimate of drug-likeness (QED) is 0.655. The number of Topliss-reactive ketones (excluding diaryl/α,β-unsaturated/α-hetero) is 1. The zero-order valence-electron chi connectivity index (χ0n) is 13.8. The fourth-order valence-electron chi connectivity index (χ4n) is 3.30. The van der Waals surface area contributed by atoms with Crippen molar-refractivity contribution >= 4 is 5.78 Å². The maximum Gasteiger partial charge on any atom is 0.216 e. The average molecular weight is 326 g/mol. The van der Waals surface area contributed by atoms with Crippen molar-refractivity contribution in [3.8, 4) is 0 Å². The third kappa shape index (κ3) is 4.09. The van der Waals surface area contributed by atoms with Crippen molar-refractivity contribution in [1.29, 1.82) is 0 Å². The summed E-state index contributed by atoms with van der Waals surface area (Å²) in [5, 5.41) is 10.7. The van der Waals surface area contributed by atoms with Crippen molar-refractivity contribution in [2.24, 2.45) is 0 Å². The summed E-state index contributed by atoms with van der Waals surface area (Å²) in [5.41, 5.74) is 1.63. The fraction of sp³-hybridized carbons (Fsp3) is 0.350. The summed E-state index contributed by atoms with van der Waals surface area (Å²) in [6.07, 6.45) is -0.576. The average Bonchev–Trinajstić information content (AvgIpc) is 2.64. The Hall–Kier alpha value is -2.01. The minimum atomic E-state index is -0.576. The first-order valence-corrected chi connectivity index (χ1v) is 8.43. The van der Waals surface area contributed by atoms with E-state index in [0.29, 0.717) is 30.8 Å². The second-order valence-electron chi connectivity index (χ2n) is 6.46. The lowest BCUT2D eigenvalue weighted by molar-refractivity contribution is -0.930. The largest absolute Gasteiger partial charge is 0.382 e. The number of hydrogen-bond acceptors (Lipinski definition) is 3. The van der Waals surface area contributed by atoms with Crippen molar-refractivity contribution in [1.82, 2.24) is 0 Å². The number of carbonyl (C=O) groups is 1. The summed E-state index contributed by atoms with van der Waals surface area (Å²) < 4.78 is 6.06. The molecule has 0 radical (unpaired) electrons. The molecule has 1 aliphatic rings. The Bertz CT molecular complexity index is 651. The topological polar surface area (TPSA) is 46.5 Å². The summed E-state index contributed by atoms with van der Waals surface area (Å²) in [6, 6.07) is 19.0. The van der Waals surface area contributed by atoms with E-state index in [-0.39, 0.29) is 5.78 Å². The number of quaternary nitrogens is 1. The molecule has 4 heteroatoms. The van der Waals surface area contributed by atoms with Crippen molar-refractivity contribution in [3.05, 3.63) is 71.8 Å². The highest BCUT2D eigenvalue weighted by molar-refractivity contribution is 5.96. The Kier molecular flexibility index (Phi) is 5.41. The summed E-state index contributed by atoms with van der Waals surface area (Å²) in [6.45, 7) is 3.70. The first-order valence-electron chi connectivity index (χ1n) is 8.43. The molecule has 2 aromatic rings. The van der Waals surface area contributed by atoms with Gasteiger partial charge in [-0.25, -0.2) is 0 Å². The van der Waals surface area contributed by atoms with E-state index in [1.54, 1.807) is 0 Å². The van der Waals surface area contributed by atoms with Crippen LogP contribution in [0.25, 0.3) is 0 Å². The van der Waals surface area contributed by atoms with Crippen molar-refractivity contribution in [2.45, 2.75) is 6.10 Å². The van der Waals surface area contributed by atoms with Gasteiger partial charge in [-0.05, 0) is 5.56 Å². The highest BCUT2D eigenvalue weighted by Crippen LogP contribution is 2.22. The van der Waals surface area contributed by atoms with E-state index in [4.69, 9.17) is 4.74 Å². The first kappa shape index (κ1) is 16.8. The van der Waals surface area contributed by atoms with Crippen molar-refractivity contribution in [2.75, 3.05) is 39.4 Å². The summed E-state index contributed by atoms with van der Waals surface area (Å²) >= 11 is 0. The zero-order valence-corrected chi connectivity index (χ0v) is 13.8. The maximum atomic E-state index is 12.7. The minimum absolute atomic E-state index is 0.123. The smallest absolute Gasteiger partial charge is 0.216 e. The van der Waals surface area contributed by atoms with Gasteiger partial charge in [0, 0.05) is 5.56 Å². The van der Waals surface area contributed by atoms with Crippen LogP contribution in [-0.2, 0) is 4.74 Å². The van der Waals surface area contributed by atoms with E-state index in [2.05, 4.69) is 0 Å². The number of aliphatic hydroxyl groups excluding tert-OH is 1. The standard InChI is InChI=1S/C20H24NO3/c22-19(17-7-3-1-4-8-17)15-21(11-13-24-14-12-21)16-20(23)18-9-5-2-6-10-18/h1-10,19,22H,11-16H2/q+1/t19-/m1/s1. The monoisotopic (exact) mass is 326 g/mol. The van der Waals surface area contributed by atoms with E-state index in [9.17, 15) is 9.90 Å². The van der Waals surface area contributed by atoms with Crippen LogP contribution < -0.4 is 0 Å². The number of nitrogens with zero attached hydrogens (tertiary/aromatic N) is 1. The number of benzene rings is 2. The third-order valence-electron chi connectivity index (χ3n) is 4.74. The number of morpholine rings is 1. The van der Waals surface area contributed by atoms with Gasteiger partial charge in [0.15, 0.2) is 0 Å². The SMILES string of the molecule is O=C(C[N+]1(C[C@@H](O)c2ccccc2)CCOCC1)c1ccccc1. The molecule has 2 aromatic carbocycles. The van der Waals surface area contributed by atoms with Gasteiger partial charge in [-0.3, -0.25) is 4.79 Å². The molecule has 1 fully saturated rings. The molecule has 3 rings (SSSR count). The van der Waals surface area contributed by atoms with Gasteiger partial charge in [0.1, 0.15) is 32.3 Å². The Morgan fingerprint density at radius 3 is 2.21 bits per heavy atom. The van der Waals surface area contributed by atoms with Crippen LogP contribution in [0.5, 0.6) is 0 Å². The number of rotatable bonds is 6. The van der Waals surface area contributed by atoms with Gasteiger partial charge >= 0.3 is 0 Å². The second-order valence-corrected chi connectivity index (χ2v) is 6.46. The molecule has 1 heterocycles. The van der Waals surface area contributed by atoms with E-state index in [1.807, 2.05) is 60.7 Å². The van der Waals surface area contributed by atoms with E-state index >= 15 is 0 Å². The lowest BCUT2D eigenvalue weighted by atomic mass is 10.1. The lowest BCUT2D eigenvalue weighted by Gasteiger charge is -2.42. The lowest BCUT2D eigenvalue weighted by Crippen LogP contribution is -2.59. The van der Waals surface area contributed by atoms with Gasteiger partial charge in [0.25, 0.3) is 0 Å². The van der Waals surface area contributed by atoms with E-state index in [1.165, 1.54) is 0 Å². The van der Waals surface area contributed by atoms with Crippen molar-refractivity contribution < 1.29 is 19.1 Å². The van der Waals surface area contributed by atoms with Gasteiger partial charge in [-0.2, -0.15) is 0 Å². The van der Waals surface area contributed by atoms with Crippen LogP contribution in [0.3, 0.4) is 0 Å². The molecule has 1 aliphatic heterocycles. The first-order chi connectivity index (χ1) is 11.7. The molecule has 0 saturated carbocycles. The van der Waals surface area contributed by atoms with Crippen LogP contribution in [0.4, 0.5) is 0 Å². The molecule has 1 N–H and O–H groups in total. The Morgan fingerprint density at radius 1 is 1.00 bits per heavy atom. The van der Waals surface area contributed by atoms with Crippen LogP contribution >= 0.6 is 0 Å². The van der Waals surface area contributed by atoms with Crippen LogP contribution in [0, 0.1) is 0 Å². The number of carbonyl (C=O) groups excluding carboxylic acids is 1. The molecule has 0 bridgehead atoms. The molecular formula is C20H24NO3+. The predicted octanol–water partition coefficient (Wildman–Crippen LogP) is 2.45. The molecule has 0 spiro atoms. The number of ketones is 1. The molecule has 0 aliphatic carbocycles. The molecule has 24 heavy (non-hydrogen) atoms. The minimum Gasteiger partial charge on any atom is -0.382 e. The molecule has 126 valence electrons. The number of hydrogen-bond donors (Lipinski definition) is 1. The summed E-state index contributed by atoms with van der Waals surface area (Å²) in [5.74, 6) is 0.123. The summed E-state index contributed by atoms with van der Waals surface area (Å²) in [4.78, 5) is 12.7. The van der Waals surface area contributed by atoms with Crippen LogP contribution in [0.15, 0.2) is 60.7 Å². The fourth-order valence-corrected chi connectivity index (χ4v) is 3.30. The highest BCUT2D eigenvalue weighted by Gasteiger charge is 2.35. The van der Waals surface area contributed by atoms with Gasteiger partial charge in [0.2, 0.25) is 5.78 Å². The molecule has 4 nitrogen and oxygen atoms in total. The molecular weight excluding hydrogens is 302 g/mol. The molecule has 0 amide bonds. The van der Waals surface area contributed by atoms with Gasteiger partial charge in [-0.1, -0.05) is 60.7 Å². The van der Waals surface area contributed by atoms with Gasteiger partial charge < -0.3 is 14.3 Å². The van der Waals surface area contributed by atoms with Crippen LogP contribution in [-0.4, -0.2) is 54.8 Å². The Morgan fingerprint density at radius 2 is 1.58 bits per heavy atom. The van der Waals surface area contributed by atoms with Crippen LogP contribution in [0.2, 0.25) is 0 Å². The summed E-state index contributed by atoms with van der Waals surface area (Å²) in [7, 11) is 0. The molecule has 0 unspecified atom stereocenters. The maximum absolute atomic E-state index is 12.7. The normalized spacial score (nSPS) is 18.0. The van der Waals surface area contributed by atoms with Crippen molar-refractivity contribution in [3.63, 3.8) is 0 Å². The number of ether oxygens (including phenoxy) is 1. The van der Waals surface area contributed by atoms with E-state index in [0.717, 1.165) is 24.2 Å².